The molecule has 1 amide bonds. The predicted octanol–water partition coefficient (Wildman–Crippen LogP) is 3.20. The Kier molecular flexibility index (Phi) is 3.95. The summed E-state index contributed by atoms with van der Waals surface area (Å²) < 4.78 is 0. The van der Waals surface area contributed by atoms with Gasteiger partial charge >= 0.3 is 0 Å². The fraction of sp³-hybridized carbons (Fsp3) is 0.0769. The molecule has 0 fully saturated rings. The zero-order valence-corrected chi connectivity index (χ0v) is 11.2. The Hall–Kier alpha value is -2.47. The van der Waals surface area contributed by atoms with Gasteiger partial charge in [-0.15, -0.1) is 0 Å². The maximum atomic E-state index is 12.0. The van der Waals surface area contributed by atoms with E-state index in [1.807, 2.05) is 0 Å². The van der Waals surface area contributed by atoms with Gasteiger partial charge in [-0.3, -0.25) is 14.9 Å². The summed E-state index contributed by atoms with van der Waals surface area (Å²) in [4.78, 5) is 26.2. The minimum Gasteiger partial charge on any atom is -0.319 e. The molecule has 0 radical (unpaired) electrons. The van der Waals surface area contributed by atoms with Crippen LogP contribution < -0.4 is 5.32 Å². The third-order valence-corrected chi connectivity index (χ3v) is 2.98. The maximum Gasteiger partial charge on any atom is 0.273 e. The molecule has 0 bridgehead atoms. The van der Waals surface area contributed by atoms with Crippen LogP contribution in [0.25, 0.3) is 0 Å². The number of hydrogen-bond acceptors (Lipinski definition) is 4. The predicted molar refractivity (Wildman–Crippen MR) is 75.0 cm³/mol. The average molecular weight is 292 g/mol. The van der Waals surface area contributed by atoms with E-state index in [-0.39, 0.29) is 16.4 Å². The Balaban J connectivity index is 2.28. The van der Waals surface area contributed by atoms with E-state index < -0.39 is 10.8 Å². The molecule has 1 N–H and O–H groups in total. The highest BCUT2D eigenvalue weighted by Crippen LogP contribution is 2.22. The van der Waals surface area contributed by atoms with Gasteiger partial charge in [0.2, 0.25) is 0 Å². The first-order chi connectivity index (χ1) is 9.49. The molecular weight excluding hydrogens is 282 g/mol. The second-order valence-electron chi connectivity index (χ2n) is 4.05. The molecule has 0 saturated carbocycles. The molecule has 6 nitrogen and oxygen atoms in total. The van der Waals surface area contributed by atoms with Crippen LogP contribution in [-0.2, 0) is 0 Å². The van der Waals surface area contributed by atoms with Crippen molar-refractivity contribution >= 4 is 28.9 Å². The molecule has 20 heavy (non-hydrogen) atoms. The summed E-state index contributed by atoms with van der Waals surface area (Å²) in [5.74, 6) is -0.483. The first-order valence-corrected chi connectivity index (χ1v) is 6.04. The van der Waals surface area contributed by atoms with Gasteiger partial charge in [-0.25, -0.2) is 4.98 Å². The van der Waals surface area contributed by atoms with Gasteiger partial charge in [0.25, 0.3) is 11.6 Å². The number of aromatic nitrogens is 1. The van der Waals surface area contributed by atoms with Crippen molar-refractivity contribution in [2.75, 3.05) is 5.32 Å². The highest BCUT2D eigenvalue weighted by atomic mass is 35.5. The number of rotatable bonds is 3. The van der Waals surface area contributed by atoms with Crippen LogP contribution in [0.4, 0.5) is 11.4 Å². The van der Waals surface area contributed by atoms with Crippen LogP contribution in [-0.4, -0.2) is 15.8 Å². The zero-order valence-electron chi connectivity index (χ0n) is 10.5. The van der Waals surface area contributed by atoms with Gasteiger partial charge in [0.15, 0.2) is 5.15 Å². The molecule has 7 heteroatoms. The number of anilines is 1. The van der Waals surface area contributed by atoms with E-state index in [2.05, 4.69) is 10.3 Å². The Morgan fingerprint density at radius 2 is 2.15 bits per heavy atom. The summed E-state index contributed by atoms with van der Waals surface area (Å²) in [7, 11) is 0. The maximum absolute atomic E-state index is 12.0. The van der Waals surface area contributed by atoms with Crippen molar-refractivity contribution in [3.63, 3.8) is 0 Å². The van der Waals surface area contributed by atoms with Gasteiger partial charge in [0, 0.05) is 23.4 Å². The number of carbonyl (C=O) groups excluding carboxylic acids is 1. The fourth-order valence-corrected chi connectivity index (χ4v) is 1.79. The van der Waals surface area contributed by atoms with Crippen molar-refractivity contribution < 1.29 is 9.72 Å². The summed E-state index contributed by atoms with van der Waals surface area (Å²) in [6.45, 7) is 1.61. The molecule has 2 rings (SSSR count). The van der Waals surface area contributed by atoms with Crippen LogP contribution in [0.2, 0.25) is 5.15 Å². The molecule has 1 heterocycles. The van der Waals surface area contributed by atoms with Gasteiger partial charge in [-0.2, -0.15) is 0 Å². The monoisotopic (exact) mass is 291 g/mol. The molecule has 0 spiro atoms. The second-order valence-corrected chi connectivity index (χ2v) is 4.41. The van der Waals surface area contributed by atoms with E-state index in [0.29, 0.717) is 11.3 Å². The minimum atomic E-state index is -0.525. The topological polar surface area (TPSA) is 85.1 Å². The lowest BCUT2D eigenvalue weighted by molar-refractivity contribution is -0.385. The molecule has 1 aromatic carbocycles. The van der Waals surface area contributed by atoms with Crippen molar-refractivity contribution in [2.24, 2.45) is 0 Å². The molecule has 0 atom stereocenters. The van der Waals surface area contributed by atoms with Crippen LogP contribution >= 0.6 is 11.6 Å². The molecule has 0 aliphatic rings. The zero-order chi connectivity index (χ0) is 14.7. The van der Waals surface area contributed by atoms with Crippen molar-refractivity contribution in [3.05, 3.63) is 62.9 Å². The smallest absolute Gasteiger partial charge is 0.273 e. The number of amides is 1. The quantitative estimate of drug-likeness (QED) is 0.534. The molecule has 102 valence electrons. The Labute approximate surface area is 119 Å². The van der Waals surface area contributed by atoms with E-state index in [9.17, 15) is 14.9 Å². The van der Waals surface area contributed by atoms with Crippen LogP contribution in [0.3, 0.4) is 0 Å². The highest BCUT2D eigenvalue weighted by Gasteiger charge is 2.15. The first-order valence-electron chi connectivity index (χ1n) is 5.66. The lowest BCUT2D eigenvalue weighted by Gasteiger charge is -2.06. The molecular formula is C13H10ClN3O3. The van der Waals surface area contributed by atoms with E-state index in [1.54, 1.807) is 19.1 Å². The SMILES string of the molecule is Cc1ccc(C(=O)Nc2cccnc2Cl)cc1[N+](=O)[O-]. The Bertz CT molecular complexity index is 688. The first kappa shape index (κ1) is 14.0. The molecule has 2 aromatic rings. The van der Waals surface area contributed by atoms with Crippen LogP contribution in [0, 0.1) is 17.0 Å². The summed E-state index contributed by atoms with van der Waals surface area (Å²) in [5, 5.41) is 13.6. The van der Waals surface area contributed by atoms with E-state index in [1.165, 1.54) is 24.4 Å². The number of halogens is 1. The lowest BCUT2D eigenvalue weighted by Crippen LogP contribution is -2.13. The summed E-state index contributed by atoms with van der Waals surface area (Å²) in [5.41, 5.74) is 0.922. The number of carbonyl (C=O) groups is 1. The van der Waals surface area contributed by atoms with Crippen molar-refractivity contribution in [1.29, 1.82) is 0 Å². The number of nitro benzene ring substituents is 1. The summed E-state index contributed by atoms with van der Waals surface area (Å²) in [6, 6.07) is 7.49. The second kappa shape index (κ2) is 5.66. The average Bonchev–Trinajstić information content (AvgIpc) is 2.41. The molecule has 0 aliphatic carbocycles. The third-order valence-electron chi connectivity index (χ3n) is 2.68. The van der Waals surface area contributed by atoms with E-state index in [4.69, 9.17) is 11.6 Å². The number of hydrogen-bond donors (Lipinski definition) is 1. The highest BCUT2D eigenvalue weighted by molar-refractivity contribution is 6.32. The van der Waals surface area contributed by atoms with E-state index in [0.717, 1.165) is 0 Å². The Morgan fingerprint density at radius 3 is 2.80 bits per heavy atom. The molecule has 1 aromatic heterocycles. The van der Waals surface area contributed by atoms with Gasteiger partial charge in [0.05, 0.1) is 10.6 Å². The van der Waals surface area contributed by atoms with Crippen molar-refractivity contribution in [2.45, 2.75) is 6.92 Å². The van der Waals surface area contributed by atoms with Crippen molar-refractivity contribution in [1.82, 2.24) is 4.98 Å². The Morgan fingerprint density at radius 1 is 1.40 bits per heavy atom. The molecule has 0 saturated heterocycles. The fourth-order valence-electron chi connectivity index (χ4n) is 1.62. The van der Waals surface area contributed by atoms with Crippen LogP contribution in [0.1, 0.15) is 15.9 Å². The largest absolute Gasteiger partial charge is 0.319 e. The molecule has 0 unspecified atom stereocenters. The van der Waals surface area contributed by atoms with E-state index >= 15 is 0 Å². The van der Waals surface area contributed by atoms with Crippen LogP contribution in [0.5, 0.6) is 0 Å². The summed E-state index contributed by atoms with van der Waals surface area (Å²) >= 11 is 5.83. The number of pyridine rings is 1. The number of nitrogens with one attached hydrogen (secondary N) is 1. The number of nitrogens with zero attached hydrogens (tertiary/aromatic N) is 2. The lowest BCUT2D eigenvalue weighted by atomic mass is 10.1. The minimum absolute atomic E-state index is 0.102. The summed E-state index contributed by atoms with van der Waals surface area (Å²) in [6.07, 6.45) is 1.49. The van der Waals surface area contributed by atoms with Gasteiger partial charge in [0.1, 0.15) is 0 Å². The number of benzene rings is 1. The standard InChI is InChI=1S/C13H10ClN3O3/c1-8-4-5-9(7-11(8)17(19)20)13(18)16-10-3-2-6-15-12(10)14/h2-7H,1H3,(H,16,18). The third kappa shape index (κ3) is 2.92. The van der Waals surface area contributed by atoms with Gasteiger partial charge in [-0.1, -0.05) is 17.7 Å². The normalized spacial score (nSPS) is 10.1. The van der Waals surface area contributed by atoms with Crippen LogP contribution in [0.15, 0.2) is 36.5 Å². The number of aryl methyl sites for hydroxylation is 1. The van der Waals surface area contributed by atoms with Gasteiger partial charge < -0.3 is 5.32 Å². The molecule has 0 aliphatic heterocycles. The number of nitro groups is 1. The van der Waals surface area contributed by atoms with Crippen molar-refractivity contribution in [3.8, 4) is 0 Å². The van der Waals surface area contributed by atoms with Gasteiger partial charge in [-0.05, 0) is 25.1 Å².